The molecule has 0 bridgehead atoms. The Morgan fingerprint density at radius 1 is 1.35 bits per heavy atom. The van der Waals surface area contributed by atoms with E-state index in [1.807, 2.05) is 19.9 Å². The molecule has 0 spiro atoms. The van der Waals surface area contributed by atoms with Crippen molar-refractivity contribution in [3.63, 3.8) is 0 Å². The average molecular weight is 317 g/mol. The van der Waals surface area contributed by atoms with Crippen molar-refractivity contribution in [2.24, 2.45) is 5.92 Å². The van der Waals surface area contributed by atoms with Crippen molar-refractivity contribution < 1.29 is 14.6 Å². The Morgan fingerprint density at radius 2 is 2.04 bits per heavy atom. The summed E-state index contributed by atoms with van der Waals surface area (Å²) in [4.78, 5) is 23.6. The van der Waals surface area contributed by atoms with Gasteiger partial charge in [0, 0.05) is 24.2 Å². The molecule has 1 aromatic heterocycles. The van der Waals surface area contributed by atoms with E-state index < -0.39 is 11.4 Å². The number of benzene rings is 1. The zero-order valence-corrected chi connectivity index (χ0v) is 14.0. The summed E-state index contributed by atoms with van der Waals surface area (Å²) < 4.78 is 7.61. The van der Waals surface area contributed by atoms with Crippen molar-refractivity contribution in [1.82, 2.24) is 4.57 Å². The lowest BCUT2D eigenvalue weighted by Crippen LogP contribution is -2.19. The first-order valence-corrected chi connectivity index (χ1v) is 7.89. The quantitative estimate of drug-likeness (QED) is 0.886. The lowest BCUT2D eigenvalue weighted by Gasteiger charge is -2.15. The molecule has 0 radical (unpaired) electrons. The number of aromatic nitrogens is 1. The summed E-state index contributed by atoms with van der Waals surface area (Å²) in [5.41, 5.74) is 0.887. The lowest BCUT2D eigenvalue weighted by molar-refractivity contribution is 0.0695. The summed E-state index contributed by atoms with van der Waals surface area (Å²) in [6.45, 7) is 9.25. The topological polar surface area (TPSA) is 68.5 Å². The SMILES string of the molecule is CCn1cc(C(=O)O)c(=O)c2cc(C)c(OCCC(C)C)cc21. The van der Waals surface area contributed by atoms with E-state index in [1.54, 1.807) is 10.6 Å². The van der Waals surface area contributed by atoms with Gasteiger partial charge in [0.25, 0.3) is 0 Å². The van der Waals surface area contributed by atoms with Crippen LogP contribution in [0.1, 0.15) is 43.1 Å². The van der Waals surface area contributed by atoms with Gasteiger partial charge in [-0.05, 0) is 37.8 Å². The number of hydrogen-bond acceptors (Lipinski definition) is 3. The van der Waals surface area contributed by atoms with E-state index in [2.05, 4.69) is 13.8 Å². The monoisotopic (exact) mass is 317 g/mol. The molecular weight excluding hydrogens is 294 g/mol. The minimum absolute atomic E-state index is 0.202. The van der Waals surface area contributed by atoms with Crippen molar-refractivity contribution in [3.8, 4) is 5.75 Å². The van der Waals surface area contributed by atoms with E-state index in [9.17, 15) is 14.7 Å². The highest BCUT2D eigenvalue weighted by molar-refractivity contribution is 5.93. The fourth-order valence-corrected chi connectivity index (χ4v) is 2.50. The minimum atomic E-state index is -1.20. The molecule has 0 fully saturated rings. The highest BCUT2D eigenvalue weighted by Gasteiger charge is 2.16. The number of aromatic carboxylic acids is 1. The Morgan fingerprint density at radius 3 is 2.61 bits per heavy atom. The third-order valence-electron chi connectivity index (χ3n) is 3.90. The smallest absolute Gasteiger partial charge is 0.341 e. The largest absolute Gasteiger partial charge is 0.493 e. The van der Waals surface area contributed by atoms with Gasteiger partial charge in [-0.3, -0.25) is 4.79 Å². The van der Waals surface area contributed by atoms with E-state index in [0.717, 1.165) is 17.7 Å². The number of ether oxygens (including phenoxy) is 1. The molecule has 0 saturated heterocycles. The molecule has 2 rings (SSSR count). The Labute approximate surface area is 135 Å². The maximum absolute atomic E-state index is 12.4. The van der Waals surface area contributed by atoms with Crippen molar-refractivity contribution in [2.75, 3.05) is 6.61 Å². The molecule has 2 aromatic rings. The van der Waals surface area contributed by atoms with E-state index >= 15 is 0 Å². The van der Waals surface area contributed by atoms with E-state index in [1.165, 1.54) is 6.20 Å². The predicted molar refractivity (Wildman–Crippen MR) is 90.5 cm³/mol. The zero-order valence-electron chi connectivity index (χ0n) is 14.0. The van der Waals surface area contributed by atoms with Gasteiger partial charge in [-0.25, -0.2) is 4.79 Å². The molecule has 0 amide bonds. The van der Waals surface area contributed by atoms with Crippen LogP contribution in [0.25, 0.3) is 10.9 Å². The maximum Gasteiger partial charge on any atom is 0.341 e. The van der Waals surface area contributed by atoms with Crippen LogP contribution >= 0.6 is 0 Å². The molecule has 1 aromatic carbocycles. The first-order valence-electron chi connectivity index (χ1n) is 7.89. The second-order valence-corrected chi connectivity index (χ2v) is 6.13. The van der Waals surface area contributed by atoms with Crippen molar-refractivity contribution in [3.05, 3.63) is 39.7 Å². The fourth-order valence-electron chi connectivity index (χ4n) is 2.50. The van der Waals surface area contributed by atoms with Gasteiger partial charge < -0.3 is 14.4 Å². The standard InChI is InChI=1S/C18H23NO4/c1-5-19-10-14(18(21)22)17(20)13-8-12(4)16(9-15(13)19)23-7-6-11(2)3/h8-11H,5-7H2,1-4H3,(H,21,22). The number of rotatable bonds is 6. The molecule has 0 aliphatic rings. The second-order valence-electron chi connectivity index (χ2n) is 6.13. The zero-order chi connectivity index (χ0) is 17.1. The first kappa shape index (κ1) is 17.1. The van der Waals surface area contributed by atoms with Crippen LogP contribution in [0.2, 0.25) is 0 Å². The van der Waals surface area contributed by atoms with Crippen molar-refractivity contribution >= 4 is 16.9 Å². The number of carboxylic acid groups (broad SMARTS) is 1. The molecule has 1 N–H and O–H groups in total. The number of hydrogen-bond donors (Lipinski definition) is 1. The molecule has 0 unspecified atom stereocenters. The predicted octanol–water partition coefficient (Wildman–Crippen LogP) is 3.45. The normalized spacial score (nSPS) is 11.2. The summed E-state index contributed by atoms with van der Waals surface area (Å²) >= 11 is 0. The van der Waals surface area contributed by atoms with E-state index in [4.69, 9.17) is 4.74 Å². The molecule has 0 saturated carbocycles. The molecular formula is C18H23NO4. The highest BCUT2D eigenvalue weighted by Crippen LogP contribution is 2.25. The second kappa shape index (κ2) is 6.86. The molecule has 0 atom stereocenters. The number of aryl methyl sites for hydroxylation is 2. The number of carbonyl (C=O) groups is 1. The third-order valence-corrected chi connectivity index (χ3v) is 3.90. The van der Waals surface area contributed by atoms with Gasteiger partial charge in [-0.2, -0.15) is 0 Å². The molecule has 124 valence electrons. The lowest BCUT2D eigenvalue weighted by atomic mass is 10.1. The van der Waals surface area contributed by atoms with Gasteiger partial charge >= 0.3 is 5.97 Å². The molecule has 0 aliphatic carbocycles. The number of fused-ring (bicyclic) bond motifs is 1. The molecule has 1 heterocycles. The van der Waals surface area contributed by atoms with Crippen molar-refractivity contribution in [2.45, 2.75) is 40.7 Å². The Kier molecular flexibility index (Phi) is 5.08. The third kappa shape index (κ3) is 3.55. The van der Waals surface area contributed by atoms with Crippen LogP contribution in [0.5, 0.6) is 5.75 Å². The van der Waals surface area contributed by atoms with Crippen LogP contribution in [0, 0.1) is 12.8 Å². The van der Waals surface area contributed by atoms with Crippen LogP contribution in [-0.2, 0) is 6.54 Å². The minimum Gasteiger partial charge on any atom is -0.493 e. The van der Waals surface area contributed by atoms with E-state index in [0.29, 0.717) is 30.0 Å². The number of nitrogens with zero attached hydrogens (tertiary/aromatic N) is 1. The highest BCUT2D eigenvalue weighted by atomic mass is 16.5. The van der Waals surface area contributed by atoms with Crippen molar-refractivity contribution in [1.29, 1.82) is 0 Å². The van der Waals surface area contributed by atoms with E-state index in [-0.39, 0.29) is 5.56 Å². The van der Waals surface area contributed by atoms with Crippen LogP contribution in [-0.4, -0.2) is 22.2 Å². The van der Waals surface area contributed by atoms with Gasteiger partial charge in [0.15, 0.2) is 0 Å². The molecule has 23 heavy (non-hydrogen) atoms. The molecule has 5 nitrogen and oxygen atoms in total. The maximum atomic E-state index is 12.4. The summed E-state index contributed by atoms with van der Waals surface area (Å²) in [6.07, 6.45) is 2.36. The number of carboxylic acids is 1. The summed E-state index contributed by atoms with van der Waals surface area (Å²) in [5, 5.41) is 9.62. The average Bonchev–Trinajstić information content (AvgIpc) is 2.48. The van der Waals surface area contributed by atoms with Crippen LogP contribution < -0.4 is 10.2 Å². The van der Waals surface area contributed by atoms with Gasteiger partial charge in [-0.1, -0.05) is 13.8 Å². The van der Waals surface area contributed by atoms with Gasteiger partial charge in [0.2, 0.25) is 5.43 Å². The Hall–Kier alpha value is -2.30. The Bertz CT molecular complexity index is 790. The Balaban J connectivity index is 2.56. The number of pyridine rings is 1. The summed E-state index contributed by atoms with van der Waals surface area (Å²) in [6, 6.07) is 3.56. The summed E-state index contributed by atoms with van der Waals surface area (Å²) in [7, 11) is 0. The molecule has 0 aliphatic heterocycles. The molecule has 5 heteroatoms. The van der Waals surface area contributed by atoms with Gasteiger partial charge in [0.1, 0.15) is 11.3 Å². The first-order chi connectivity index (χ1) is 10.8. The van der Waals surface area contributed by atoms with Gasteiger partial charge in [0.05, 0.1) is 12.1 Å². The van der Waals surface area contributed by atoms with Crippen LogP contribution in [0.15, 0.2) is 23.1 Å². The summed E-state index contributed by atoms with van der Waals surface area (Å²) in [5.74, 6) is 0.0968. The van der Waals surface area contributed by atoms with Gasteiger partial charge in [-0.15, -0.1) is 0 Å². The fraction of sp³-hybridized carbons (Fsp3) is 0.444. The van der Waals surface area contributed by atoms with Crippen LogP contribution in [0.4, 0.5) is 0 Å². The van der Waals surface area contributed by atoms with Crippen LogP contribution in [0.3, 0.4) is 0 Å².